The molecule has 3 unspecified atom stereocenters. The van der Waals surface area contributed by atoms with Gasteiger partial charge in [-0.1, -0.05) is 48.5 Å². The van der Waals surface area contributed by atoms with Crippen LogP contribution >= 0.6 is 0 Å². The molecule has 0 amide bonds. The molecule has 2 aliphatic rings. The molecule has 1 N–H and O–H groups in total. The third-order valence-corrected chi connectivity index (χ3v) is 5.69. The van der Waals surface area contributed by atoms with Crippen molar-refractivity contribution in [3.05, 3.63) is 83.6 Å². The van der Waals surface area contributed by atoms with Crippen LogP contribution in [0.5, 0.6) is 5.88 Å². The van der Waals surface area contributed by atoms with Crippen molar-refractivity contribution in [3.63, 3.8) is 0 Å². The van der Waals surface area contributed by atoms with E-state index in [2.05, 4.69) is 29.2 Å². The van der Waals surface area contributed by atoms with Crippen LogP contribution in [0.4, 0.5) is 0 Å². The number of carboxylic acid groups (broad SMARTS) is 1. The molecule has 1 aromatic heterocycles. The number of aliphatic carboxylic acids is 1. The van der Waals surface area contributed by atoms with E-state index < -0.39 is 5.97 Å². The minimum atomic E-state index is -0.686. The topological polar surface area (TPSA) is 59.4 Å². The molecule has 0 aliphatic heterocycles. The zero-order valence-electron chi connectivity index (χ0n) is 14.7. The highest BCUT2D eigenvalue weighted by molar-refractivity contribution is 5.77. The molecule has 0 bridgehead atoms. The molecule has 1 fully saturated rings. The lowest BCUT2D eigenvalue weighted by molar-refractivity contribution is -0.139. The fourth-order valence-corrected chi connectivity index (χ4v) is 4.31. The van der Waals surface area contributed by atoms with E-state index in [0.29, 0.717) is 12.5 Å². The lowest BCUT2D eigenvalue weighted by atomic mass is 10.0. The highest BCUT2D eigenvalue weighted by Gasteiger charge is 2.59. The van der Waals surface area contributed by atoms with Gasteiger partial charge in [0, 0.05) is 18.2 Å². The first kappa shape index (κ1) is 16.1. The van der Waals surface area contributed by atoms with Crippen molar-refractivity contribution >= 4 is 5.97 Å². The Morgan fingerprint density at radius 2 is 1.89 bits per heavy atom. The van der Waals surface area contributed by atoms with Crippen LogP contribution in [0.25, 0.3) is 11.1 Å². The smallest absolute Gasteiger partial charge is 0.307 e. The maximum absolute atomic E-state index is 11.2. The summed E-state index contributed by atoms with van der Waals surface area (Å²) in [5.41, 5.74) is 5.71. The highest BCUT2D eigenvalue weighted by atomic mass is 16.5. The van der Waals surface area contributed by atoms with Gasteiger partial charge in [0.25, 0.3) is 0 Å². The monoisotopic (exact) mass is 357 g/mol. The Balaban J connectivity index is 1.29. The molecule has 4 heteroatoms. The molecule has 1 saturated carbocycles. The van der Waals surface area contributed by atoms with Crippen molar-refractivity contribution in [1.82, 2.24) is 4.98 Å². The Morgan fingerprint density at radius 1 is 1.07 bits per heavy atom. The molecular formula is C23H19NO3. The normalized spacial score (nSPS) is 22.0. The molecule has 1 heterocycles. The summed E-state index contributed by atoms with van der Waals surface area (Å²) < 4.78 is 5.91. The minimum Gasteiger partial charge on any atom is -0.481 e. The van der Waals surface area contributed by atoms with Crippen molar-refractivity contribution in [2.45, 2.75) is 18.9 Å². The Kier molecular flexibility index (Phi) is 3.71. The van der Waals surface area contributed by atoms with E-state index in [9.17, 15) is 9.90 Å². The summed E-state index contributed by atoms with van der Waals surface area (Å²) in [6.07, 6.45) is 2.62. The van der Waals surface area contributed by atoms with Gasteiger partial charge in [-0.3, -0.25) is 4.79 Å². The van der Waals surface area contributed by atoms with Gasteiger partial charge in [0.1, 0.15) is 6.61 Å². The third-order valence-electron chi connectivity index (χ3n) is 5.69. The summed E-state index contributed by atoms with van der Waals surface area (Å²) in [6.45, 7) is 0.455. The van der Waals surface area contributed by atoms with Crippen molar-refractivity contribution in [2.24, 2.45) is 11.8 Å². The Hall–Kier alpha value is -3.14. The SMILES string of the molecule is O=C(O)C1C2Cc3cc(OCc4cccc(-c5ccccc5)c4)ncc3C21. The van der Waals surface area contributed by atoms with Crippen LogP contribution in [0.15, 0.2) is 66.9 Å². The summed E-state index contributed by atoms with van der Waals surface area (Å²) in [5.74, 6) is 0.104. The van der Waals surface area contributed by atoms with Crippen molar-refractivity contribution in [1.29, 1.82) is 0 Å². The number of carboxylic acids is 1. The summed E-state index contributed by atoms with van der Waals surface area (Å²) in [7, 11) is 0. The van der Waals surface area contributed by atoms with Crippen LogP contribution in [-0.4, -0.2) is 16.1 Å². The lowest BCUT2D eigenvalue weighted by Gasteiger charge is -2.10. The first-order chi connectivity index (χ1) is 13.2. The van der Waals surface area contributed by atoms with Crippen LogP contribution in [0, 0.1) is 11.8 Å². The Morgan fingerprint density at radius 3 is 2.70 bits per heavy atom. The number of fused-ring (bicyclic) bond motifs is 3. The van der Waals surface area contributed by atoms with Gasteiger partial charge in [-0.2, -0.15) is 0 Å². The maximum atomic E-state index is 11.2. The summed E-state index contributed by atoms with van der Waals surface area (Å²) >= 11 is 0. The number of pyridine rings is 1. The zero-order chi connectivity index (χ0) is 18.4. The van der Waals surface area contributed by atoms with Gasteiger partial charge < -0.3 is 9.84 Å². The van der Waals surface area contributed by atoms with Crippen molar-refractivity contribution < 1.29 is 14.6 Å². The van der Waals surface area contributed by atoms with E-state index in [1.807, 2.05) is 36.4 Å². The molecule has 134 valence electrons. The second-order valence-electron chi connectivity index (χ2n) is 7.33. The quantitative estimate of drug-likeness (QED) is 0.740. The number of ether oxygens (including phenoxy) is 1. The van der Waals surface area contributed by atoms with E-state index in [1.54, 1.807) is 6.20 Å². The largest absolute Gasteiger partial charge is 0.481 e. The number of hydrogen-bond donors (Lipinski definition) is 1. The highest BCUT2D eigenvalue weighted by Crippen LogP contribution is 2.61. The van der Waals surface area contributed by atoms with Gasteiger partial charge >= 0.3 is 5.97 Å². The van der Waals surface area contributed by atoms with Gasteiger partial charge in [-0.05, 0) is 46.2 Å². The number of nitrogens with zero attached hydrogens (tertiary/aromatic N) is 1. The molecule has 2 aliphatic carbocycles. The maximum Gasteiger partial charge on any atom is 0.307 e. The van der Waals surface area contributed by atoms with E-state index in [4.69, 9.17) is 4.74 Å². The van der Waals surface area contributed by atoms with Gasteiger partial charge in [-0.25, -0.2) is 4.98 Å². The van der Waals surface area contributed by atoms with Crippen LogP contribution in [-0.2, 0) is 17.8 Å². The molecule has 3 atom stereocenters. The summed E-state index contributed by atoms with van der Waals surface area (Å²) in [6, 6.07) is 20.6. The Labute approximate surface area is 157 Å². The van der Waals surface area contributed by atoms with Gasteiger partial charge in [0.2, 0.25) is 5.88 Å². The first-order valence-corrected chi connectivity index (χ1v) is 9.19. The Bertz CT molecular complexity index is 1020. The third kappa shape index (κ3) is 2.87. The summed E-state index contributed by atoms with van der Waals surface area (Å²) in [4.78, 5) is 15.6. The molecule has 5 rings (SSSR count). The van der Waals surface area contributed by atoms with E-state index in [-0.39, 0.29) is 17.8 Å². The van der Waals surface area contributed by atoms with Crippen LogP contribution in [0.2, 0.25) is 0 Å². The fraction of sp³-hybridized carbons (Fsp3) is 0.217. The second kappa shape index (κ2) is 6.23. The lowest BCUT2D eigenvalue weighted by Crippen LogP contribution is -2.06. The van der Waals surface area contributed by atoms with Gasteiger partial charge in [0.15, 0.2) is 0 Å². The number of hydrogen-bond acceptors (Lipinski definition) is 3. The second-order valence-corrected chi connectivity index (χ2v) is 7.33. The minimum absolute atomic E-state index is 0.154. The van der Waals surface area contributed by atoms with Crippen LogP contribution < -0.4 is 4.74 Å². The van der Waals surface area contributed by atoms with Crippen molar-refractivity contribution in [2.75, 3.05) is 0 Å². The molecule has 0 radical (unpaired) electrons. The molecule has 2 aromatic carbocycles. The molecule has 3 aromatic rings. The van der Waals surface area contributed by atoms with E-state index in [0.717, 1.165) is 17.5 Å². The average molecular weight is 357 g/mol. The molecule has 4 nitrogen and oxygen atoms in total. The number of aromatic nitrogens is 1. The predicted octanol–water partition coefficient (Wildman–Crippen LogP) is 4.30. The molecule has 0 spiro atoms. The predicted molar refractivity (Wildman–Crippen MR) is 102 cm³/mol. The molecular weight excluding hydrogens is 338 g/mol. The van der Waals surface area contributed by atoms with Gasteiger partial charge in [0.05, 0.1) is 5.92 Å². The summed E-state index contributed by atoms with van der Waals surface area (Å²) in [5, 5.41) is 9.21. The molecule has 27 heavy (non-hydrogen) atoms. The van der Waals surface area contributed by atoms with Gasteiger partial charge in [-0.15, -0.1) is 0 Å². The van der Waals surface area contributed by atoms with E-state index in [1.165, 1.54) is 16.7 Å². The number of rotatable bonds is 5. The number of benzene rings is 2. The molecule has 0 saturated heterocycles. The van der Waals surface area contributed by atoms with Crippen molar-refractivity contribution in [3.8, 4) is 17.0 Å². The fourth-order valence-electron chi connectivity index (χ4n) is 4.31. The van der Waals surface area contributed by atoms with Crippen LogP contribution in [0.3, 0.4) is 0 Å². The number of carbonyl (C=O) groups is 1. The average Bonchev–Trinajstić information content (AvgIpc) is 3.30. The first-order valence-electron chi connectivity index (χ1n) is 9.19. The zero-order valence-corrected chi connectivity index (χ0v) is 14.7. The standard InChI is InChI=1S/C23H19NO3/c25-23(26)22-18-10-17-11-20(24-12-19(17)21(18)22)27-13-14-5-4-8-16(9-14)15-6-2-1-3-7-15/h1-9,11-12,18,21-22H,10,13H2,(H,25,26). The van der Waals surface area contributed by atoms with Crippen LogP contribution in [0.1, 0.15) is 22.6 Å². The van der Waals surface area contributed by atoms with E-state index >= 15 is 0 Å².